The minimum atomic E-state index is -0.772. The fourth-order valence-electron chi connectivity index (χ4n) is 2.50. The van der Waals surface area contributed by atoms with Gasteiger partial charge >= 0.3 is 6.09 Å². The maximum atomic E-state index is 11.5. The first-order chi connectivity index (χ1) is 13.6. The maximum absolute atomic E-state index is 11.5. The molecule has 0 saturated heterocycles. The Morgan fingerprint density at radius 3 is 2.00 bits per heavy atom. The van der Waals surface area contributed by atoms with Gasteiger partial charge in [-0.3, -0.25) is 4.79 Å². The van der Waals surface area contributed by atoms with Crippen LogP contribution in [0.5, 0.6) is 0 Å². The fourth-order valence-corrected chi connectivity index (χ4v) is 2.50. The molecule has 1 unspecified atom stereocenters. The number of likely N-dealkylation sites (N-methyl/N-ethyl adjacent to an activating group) is 1. The number of amides is 2. The summed E-state index contributed by atoms with van der Waals surface area (Å²) in [5, 5.41) is 5.11. The van der Waals surface area contributed by atoms with Gasteiger partial charge in [0.2, 0.25) is 0 Å². The molecule has 0 radical (unpaired) electrons. The van der Waals surface area contributed by atoms with Crippen LogP contribution in [0.3, 0.4) is 0 Å². The molecule has 28 heavy (non-hydrogen) atoms. The number of unbranched alkanes of at least 4 members (excludes halogenated alkanes) is 6. The molecular weight excluding hydrogens is 352 g/mol. The van der Waals surface area contributed by atoms with E-state index in [0.717, 1.165) is 38.5 Å². The minimum Gasteiger partial charge on any atom is -0.436 e. The van der Waals surface area contributed by atoms with Gasteiger partial charge in [0, 0.05) is 13.6 Å². The molecule has 5 nitrogen and oxygen atoms in total. The van der Waals surface area contributed by atoms with Crippen LogP contribution < -0.4 is 10.6 Å². The highest BCUT2D eigenvalue weighted by Gasteiger charge is 2.15. The van der Waals surface area contributed by atoms with E-state index in [1.54, 1.807) is 6.92 Å². The summed E-state index contributed by atoms with van der Waals surface area (Å²) in [5.74, 6) is -0.310. The van der Waals surface area contributed by atoms with Gasteiger partial charge in [0.15, 0.2) is 6.10 Å². The molecule has 1 atom stereocenters. The third kappa shape index (κ3) is 17.4. The third-order valence-electron chi connectivity index (χ3n) is 4.24. The molecule has 0 bridgehead atoms. The number of hydrogen-bond acceptors (Lipinski definition) is 3. The van der Waals surface area contributed by atoms with Crippen LogP contribution in [0.1, 0.15) is 78.1 Å². The van der Waals surface area contributed by atoms with E-state index in [9.17, 15) is 9.59 Å². The Morgan fingerprint density at radius 2 is 1.43 bits per heavy atom. The van der Waals surface area contributed by atoms with Crippen molar-refractivity contribution in [3.8, 4) is 0 Å². The van der Waals surface area contributed by atoms with Crippen LogP contribution in [0, 0.1) is 0 Å². The van der Waals surface area contributed by atoms with Gasteiger partial charge in [0.25, 0.3) is 5.91 Å². The Labute approximate surface area is 171 Å². The zero-order valence-electron chi connectivity index (χ0n) is 18.0. The standard InChI is InChI=1S/C23H40N2O3/c1-4-5-6-7-8-9-10-11-12-13-14-15-16-17-18-19-20-25-23(27)28-21(2)22(26)24-3/h8-9,11-12,14-15,21H,4-7,10,13,16-20H2,1-3H3,(H,24,26)(H,25,27)/b9-8+,12-11+,15-14+. The van der Waals surface area contributed by atoms with E-state index < -0.39 is 12.2 Å². The lowest BCUT2D eigenvalue weighted by molar-refractivity contribution is -0.128. The van der Waals surface area contributed by atoms with Crippen LogP contribution in [-0.2, 0) is 9.53 Å². The lowest BCUT2D eigenvalue weighted by atomic mass is 10.1. The number of allylic oxidation sites excluding steroid dienone is 6. The molecule has 0 aliphatic heterocycles. The Kier molecular flexibility index (Phi) is 18.3. The number of alkyl carbamates (subject to hydrolysis) is 1. The summed E-state index contributed by atoms with van der Waals surface area (Å²) >= 11 is 0. The summed E-state index contributed by atoms with van der Waals surface area (Å²) in [6.07, 6.45) is 23.3. The van der Waals surface area contributed by atoms with E-state index >= 15 is 0 Å². The van der Waals surface area contributed by atoms with Crippen molar-refractivity contribution in [2.24, 2.45) is 0 Å². The van der Waals surface area contributed by atoms with Crippen molar-refractivity contribution in [3.63, 3.8) is 0 Å². The maximum Gasteiger partial charge on any atom is 0.407 e. The predicted molar refractivity (Wildman–Crippen MR) is 117 cm³/mol. The summed E-state index contributed by atoms with van der Waals surface area (Å²) < 4.78 is 4.95. The number of ether oxygens (including phenoxy) is 1. The van der Waals surface area contributed by atoms with Crippen LogP contribution in [0.4, 0.5) is 4.79 Å². The molecule has 2 amide bonds. The van der Waals surface area contributed by atoms with Gasteiger partial charge in [-0.15, -0.1) is 0 Å². The van der Waals surface area contributed by atoms with Crippen molar-refractivity contribution in [1.29, 1.82) is 0 Å². The van der Waals surface area contributed by atoms with Crippen molar-refractivity contribution in [3.05, 3.63) is 36.5 Å². The lowest BCUT2D eigenvalue weighted by Crippen LogP contribution is -2.37. The molecule has 0 heterocycles. The van der Waals surface area contributed by atoms with E-state index in [1.165, 1.54) is 32.7 Å². The largest absolute Gasteiger partial charge is 0.436 e. The second kappa shape index (κ2) is 19.7. The van der Waals surface area contributed by atoms with Crippen molar-refractivity contribution in [2.75, 3.05) is 13.6 Å². The molecule has 0 aromatic rings. The van der Waals surface area contributed by atoms with Gasteiger partial charge in [-0.25, -0.2) is 4.79 Å². The van der Waals surface area contributed by atoms with Crippen LogP contribution in [-0.4, -0.2) is 31.7 Å². The zero-order valence-corrected chi connectivity index (χ0v) is 18.0. The number of carbonyl (C=O) groups is 2. The summed E-state index contributed by atoms with van der Waals surface area (Å²) in [5.41, 5.74) is 0. The SMILES string of the molecule is CCCCC/C=C/C/C=C/C/C=C/CCCCCNC(=O)OC(C)C(=O)NC. The Bertz CT molecular complexity index is 484. The molecule has 0 aliphatic rings. The van der Waals surface area contributed by atoms with Crippen molar-refractivity contribution >= 4 is 12.0 Å². The van der Waals surface area contributed by atoms with E-state index in [1.807, 2.05) is 0 Å². The van der Waals surface area contributed by atoms with E-state index in [2.05, 4.69) is 54.0 Å². The zero-order chi connectivity index (χ0) is 20.9. The molecule has 5 heteroatoms. The average molecular weight is 393 g/mol. The number of carbonyl (C=O) groups excluding carboxylic acids is 2. The van der Waals surface area contributed by atoms with Gasteiger partial charge in [-0.2, -0.15) is 0 Å². The van der Waals surface area contributed by atoms with Crippen molar-refractivity contribution < 1.29 is 14.3 Å². The van der Waals surface area contributed by atoms with E-state index in [-0.39, 0.29) is 5.91 Å². The van der Waals surface area contributed by atoms with Crippen LogP contribution >= 0.6 is 0 Å². The highest BCUT2D eigenvalue weighted by Crippen LogP contribution is 2.02. The monoisotopic (exact) mass is 392 g/mol. The topological polar surface area (TPSA) is 67.4 Å². The van der Waals surface area contributed by atoms with Gasteiger partial charge in [-0.1, -0.05) is 62.6 Å². The molecule has 160 valence electrons. The van der Waals surface area contributed by atoms with Crippen molar-refractivity contribution in [2.45, 2.75) is 84.2 Å². The van der Waals surface area contributed by atoms with E-state index in [0.29, 0.717) is 6.54 Å². The van der Waals surface area contributed by atoms with Crippen LogP contribution in [0.25, 0.3) is 0 Å². The average Bonchev–Trinajstić information content (AvgIpc) is 2.69. The van der Waals surface area contributed by atoms with Crippen LogP contribution in [0.15, 0.2) is 36.5 Å². The molecule has 0 saturated carbocycles. The van der Waals surface area contributed by atoms with Gasteiger partial charge in [0.1, 0.15) is 0 Å². The minimum absolute atomic E-state index is 0.310. The number of hydrogen-bond donors (Lipinski definition) is 2. The number of rotatable bonds is 16. The highest BCUT2D eigenvalue weighted by molar-refractivity contribution is 5.82. The lowest BCUT2D eigenvalue weighted by Gasteiger charge is -2.12. The smallest absolute Gasteiger partial charge is 0.407 e. The summed E-state index contributed by atoms with van der Waals surface area (Å²) in [6.45, 7) is 4.35. The number of nitrogens with one attached hydrogen (secondary N) is 2. The Hall–Kier alpha value is -2.04. The summed E-state index contributed by atoms with van der Waals surface area (Å²) in [4.78, 5) is 22.7. The molecular formula is C23H40N2O3. The first-order valence-corrected chi connectivity index (χ1v) is 10.7. The second-order valence-electron chi connectivity index (χ2n) is 6.82. The first-order valence-electron chi connectivity index (χ1n) is 10.7. The van der Waals surface area contributed by atoms with E-state index in [4.69, 9.17) is 4.74 Å². The third-order valence-corrected chi connectivity index (χ3v) is 4.24. The Balaban J connectivity index is 3.47. The fraction of sp³-hybridized carbons (Fsp3) is 0.652. The quantitative estimate of drug-likeness (QED) is 0.272. The highest BCUT2D eigenvalue weighted by atomic mass is 16.6. The summed E-state index contributed by atoms with van der Waals surface area (Å²) in [6, 6.07) is 0. The molecule has 0 aromatic heterocycles. The normalized spacial score (nSPS) is 12.7. The molecule has 2 N–H and O–H groups in total. The first kappa shape index (κ1) is 26.0. The molecule has 0 fully saturated rings. The second-order valence-corrected chi connectivity index (χ2v) is 6.82. The van der Waals surface area contributed by atoms with Crippen molar-refractivity contribution in [1.82, 2.24) is 10.6 Å². The molecule has 0 aromatic carbocycles. The summed E-state index contributed by atoms with van der Waals surface area (Å²) in [7, 11) is 1.51. The van der Waals surface area contributed by atoms with Gasteiger partial charge < -0.3 is 15.4 Å². The van der Waals surface area contributed by atoms with Gasteiger partial charge in [-0.05, 0) is 51.9 Å². The molecule has 0 aliphatic carbocycles. The molecule has 0 rings (SSSR count). The van der Waals surface area contributed by atoms with Crippen LogP contribution in [0.2, 0.25) is 0 Å². The molecule has 0 spiro atoms. The predicted octanol–water partition coefficient (Wildman–Crippen LogP) is 5.44. The van der Waals surface area contributed by atoms with Gasteiger partial charge in [0.05, 0.1) is 0 Å². The Morgan fingerprint density at radius 1 is 0.857 bits per heavy atom.